The fourth-order valence-corrected chi connectivity index (χ4v) is 13.1. The molecule has 2 saturated carbocycles. The molecule has 60 heavy (non-hydrogen) atoms. The molecule has 0 unspecified atom stereocenters. The van der Waals surface area contributed by atoms with Gasteiger partial charge in [0.1, 0.15) is 77.9 Å². The summed E-state index contributed by atoms with van der Waals surface area (Å²) in [4.78, 5) is 15.6. The Balaban J connectivity index is 1.21. The van der Waals surface area contributed by atoms with Crippen LogP contribution in [0.25, 0.3) is 52.8 Å². The van der Waals surface area contributed by atoms with Crippen LogP contribution in [0.3, 0.4) is 0 Å². The molecule has 4 aromatic heterocycles. The molecule has 6 heterocycles. The van der Waals surface area contributed by atoms with Crippen LogP contribution in [0, 0.1) is 45.3 Å². The molecule has 5 aromatic rings. The molecule has 2 aliphatic heterocycles. The Morgan fingerprint density at radius 3 is 1.37 bits per heavy atom. The topological polar surface area (TPSA) is 158 Å². The number of rotatable bonds is 10. The zero-order chi connectivity index (χ0) is 41.4. The molecule has 302 valence electrons. The first kappa shape index (κ1) is 40.0. The summed E-state index contributed by atoms with van der Waals surface area (Å²) in [5, 5.41) is 39.5. The minimum absolute atomic E-state index is 0.0342. The smallest absolute Gasteiger partial charge is 0.234 e. The average molecular weight is 869 g/mol. The number of allylic oxidation sites excluding steroid dienone is 2. The van der Waals surface area contributed by atoms with Crippen molar-refractivity contribution in [2.24, 2.45) is 0 Å². The van der Waals surface area contributed by atoms with E-state index in [0.717, 1.165) is 127 Å². The van der Waals surface area contributed by atoms with Gasteiger partial charge in [-0.15, -0.1) is 45.3 Å². The first-order valence-corrected chi connectivity index (χ1v) is 23.8. The van der Waals surface area contributed by atoms with Crippen LogP contribution in [0.2, 0.25) is 0 Å². The molecular weight excluding hydrogens is 829 g/mol. The Bertz CT molecular complexity index is 2510. The van der Waals surface area contributed by atoms with Crippen LogP contribution in [-0.4, -0.2) is 23.2 Å². The van der Waals surface area contributed by atoms with E-state index in [0.29, 0.717) is 36.5 Å². The lowest BCUT2D eigenvalue weighted by atomic mass is 9.71. The molecule has 4 aliphatic rings. The van der Waals surface area contributed by atoms with Gasteiger partial charge in [0.15, 0.2) is 0 Å². The van der Waals surface area contributed by atoms with Crippen LogP contribution in [0.1, 0.15) is 112 Å². The minimum Gasteiger partial charge on any atom is -0.492 e. The van der Waals surface area contributed by atoms with Crippen molar-refractivity contribution < 1.29 is 18.9 Å². The van der Waals surface area contributed by atoms with Gasteiger partial charge in [-0.1, -0.05) is 26.7 Å². The fourth-order valence-electron chi connectivity index (χ4n) is 8.81. The van der Waals surface area contributed by atoms with Crippen molar-refractivity contribution in [2.45, 2.75) is 102 Å². The number of benzene rings is 1. The Kier molecular flexibility index (Phi) is 11.0. The molecule has 2 spiro atoms. The van der Waals surface area contributed by atoms with Crippen molar-refractivity contribution in [3.8, 4) is 88.2 Å². The van der Waals surface area contributed by atoms with E-state index < -0.39 is 11.2 Å². The van der Waals surface area contributed by atoms with Gasteiger partial charge < -0.3 is 18.9 Å². The Morgan fingerprint density at radius 2 is 1.00 bits per heavy atom. The van der Waals surface area contributed by atoms with E-state index in [4.69, 9.17) is 28.9 Å². The molecule has 2 fully saturated rings. The fraction of sp³-hybridized carbons (Fsp3) is 0.391. The maximum Gasteiger partial charge on any atom is 0.234 e. The van der Waals surface area contributed by atoms with Gasteiger partial charge >= 0.3 is 0 Å². The normalized spacial score (nSPS) is 16.2. The third-order valence-corrected chi connectivity index (χ3v) is 16.1. The number of aromatic nitrogens is 2. The maximum absolute atomic E-state index is 9.48. The molecule has 9 rings (SSSR count). The molecular formula is C46H40N6O4S4. The number of ether oxygens (including phenoxy) is 4. The molecule has 14 heteroatoms. The molecule has 0 N–H and O–H groups in total. The van der Waals surface area contributed by atoms with Crippen LogP contribution in [0.15, 0.2) is 35.4 Å². The van der Waals surface area contributed by atoms with E-state index in [1.807, 2.05) is 36.4 Å². The highest BCUT2D eigenvalue weighted by Crippen LogP contribution is 2.61. The van der Waals surface area contributed by atoms with Crippen molar-refractivity contribution in [1.29, 1.82) is 21.0 Å². The van der Waals surface area contributed by atoms with E-state index in [9.17, 15) is 21.0 Å². The summed E-state index contributed by atoms with van der Waals surface area (Å²) < 4.78 is 26.8. The van der Waals surface area contributed by atoms with Crippen molar-refractivity contribution in [3.63, 3.8) is 0 Å². The second-order valence-corrected chi connectivity index (χ2v) is 19.7. The van der Waals surface area contributed by atoms with E-state index in [2.05, 4.69) is 26.0 Å². The van der Waals surface area contributed by atoms with Gasteiger partial charge in [-0.05, 0) is 101 Å². The molecule has 0 atom stereocenters. The van der Waals surface area contributed by atoms with Gasteiger partial charge in [-0.25, -0.2) is 9.97 Å². The van der Waals surface area contributed by atoms with Gasteiger partial charge in [0, 0.05) is 32.0 Å². The predicted octanol–water partition coefficient (Wildman–Crippen LogP) is 12.9. The molecule has 2 aliphatic carbocycles. The second-order valence-electron chi connectivity index (χ2n) is 15.5. The van der Waals surface area contributed by atoms with Gasteiger partial charge in [0.25, 0.3) is 0 Å². The second kappa shape index (κ2) is 16.5. The summed E-state index contributed by atoms with van der Waals surface area (Å²) in [6.45, 7) is 5.18. The van der Waals surface area contributed by atoms with E-state index in [-0.39, 0.29) is 11.1 Å². The largest absolute Gasteiger partial charge is 0.492 e. The lowest BCUT2D eigenvalue weighted by Gasteiger charge is -2.45. The molecule has 0 bridgehead atoms. The van der Waals surface area contributed by atoms with Crippen LogP contribution < -0.4 is 18.9 Å². The average Bonchev–Trinajstić information content (AvgIpc) is 4.08. The lowest BCUT2D eigenvalue weighted by molar-refractivity contribution is 0.0163. The highest BCUT2D eigenvalue weighted by atomic mass is 32.1. The van der Waals surface area contributed by atoms with E-state index in [1.54, 1.807) is 34.8 Å². The summed E-state index contributed by atoms with van der Waals surface area (Å²) >= 11 is 6.12. The van der Waals surface area contributed by atoms with Crippen LogP contribution in [-0.2, 0) is 11.2 Å². The molecule has 0 amide bonds. The lowest BCUT2D eigenvalue weighted by Crippen LogP contribution is -2.40. The quantitative estimate of drug-likeness (QED) is 0.124. The Labute approximate surface area is 365 Å². The number of nitriles is 4. The first-order valence-electron chi connectivity index (χ1n) is 20.5. The number of thiophene rings is 2. The highest BCUT2D eigenvalue weighted by Gasteiger charge is 2.49. The number of nitrogens with zero attached hydrogens (tertiary/aromatic N) is 6. The number of hydrogen-bond donors (Lipinski definition) is 0. The SMILES string of the molecule is CCCOc1cc(C=C(C#N)C#N)sc1-c1nc2c(s1)-c1cc3c(cc1C1(CCCCC1)O2)-c1sc(-c2sc(C=C(C#N)C#N)cc2OCCC)nc1OC31CCCCC1. The van der Waals surface area contributed by atoms with E-state index >= 15 is 0 Å². The van der Waals surface area contributed by atoms with Crippen molar-refractivity contribution in [2.75, 3.05) is 13.2 Å². The number of thiazole rings is 2. The third kappa shape index (κ3) is 7.06. The monoisotopic (exact) mass is 868 g/mol. The summed E-state index contributed by atoms with van der Waals surface area (Å²) in [5.41, 5.74) is 3.63. The van der Waals surface area contributed by atoms with E-state index in [1.165, 1.54) is 33.8 Å². The predicted molar refractivity (Wildman–Crippen MR) is 236 cm³/mol. The Hall–Kier alpha value is -5.48. The molecule has 0 saturated heterocycles. The zero-order valence-electron chi connectivity index (χ0n) is 33.3. The summed E-state index contributed by atoms with van der Waals surface area (Å²) in [6, 6.07) is 16.5. The minimum atomic E-state index is -0.540. The van der Waals surface area contributed by atoms with Crippen molar-refractivity contribution in [3.05, 3.63) is 56.3 Å². The van der Waals surface area contributed by atoms with Crippen LogP contribution in [0.4, 0.5) is 0 Å². The summed E-state index contributed by atoms with van der Waals surface area (Å²) in [7, 11) is 0. The Morgan fingerprint density at radius 1 is 0.600 bits per heavy atom. The highest BCUT2D eigenvalue weighted by molar-refractivity contribution is 7.25. The number of hydrogen-bond acceptors (Lipinski definition) is 14. The van der Waals surface area contributed by atoms with Gasteiger partial charge in [0.2, 0.25) is 11.8 Å². The van der Waals surface area contributed by atoms with Gasteiger partial charge in [-0.3, -0.25) is 0 Å². The maximum atomic E-state index is 9.48. The molecule has 1 aromatic carbocycles. The molecule has 0 radical (unpaired) electrons. The summed E-state index contributed by atoms with van der Waals surface area (Å²) in [6.07, 6.45) is 14.9. The molecule has 10 nitrogen and oxygen atoms in total. The summed E-state index contributed by atoms with van der Waals surface area (Å²) in [5.74, 6) is 2.64. The number of fused-ring (bicyclic) bond motifs is 8. The van der Waals surface area contributed by atoms with Crippen molar-refractivity contribution >= 4 is 57.5 Å². The first-order chi connectivity index (χ1) is 29.3. The van der Waals surface area contributed by atoms with Crippen molar-refractivity contribution in [1.82, 2.24) is 9.97 Å². The standard InChI is InChI=1S/C46H40N6O4S4/c1-3-15-53-35-19-29(17-27(23-47)24-48)57-39(35)43-51-41-37(59-43)31-21-34-32(22-33(31)45(55-41)11-7-5-8-12-45)38-42(56-46(34)13-9-6-10-14-46)52-44(60-38)40-36(54-16-4-2)20-30(58-40)18-28(25-49)26-50/h17-22H,3-16H2,1-2H3. The van der Waals surface area contributed by atoms with Gasteiger partial charge in [-0.2, -0.15) is 21.0 Å². The third-order valence-electron chi connectivity index (χ3n) is 11.5. The van der Waals surface area contributed by atoms with Gasteiger partial charge in [0.05, 0.1) is 23.0 Å². The zero-order valence-corrected chi connectivity index (χ0v) is 36.6. The van der Waals surface area contributed by atoms with Crippen LogP contribution >= 0.6 is 45.3 Å². The van der Waals surface area contributed by atoms with Crippen LogP contribution in [0.5, 0.6) is 23.3 Å².